The van der Waals surface area contributed by atoms with Crippen LogP contribution in [0.3, 0.4) is 0 Å². The standard InChI is InChI=1S/C13H20N2O5/c16-11(17)9-4-7-15(8-10(9)12(18)19)13(20)14-5-2-1-3-6-14/h9-10H,1-8H2,(H,16,17)(H,18,19). The van der Waals surface area contributed by atoms with E-state index in [0.29, 0.717) is 19.6 Å². The molecule has 2 atom stereocenters. The molecule has 2 fully saturated rings. The molecule has 2 amide bonds. The Morgan fingerprint density at radius 2 is 1.40 bits per heavy atom. The first-order valence-corrected chi connectivity index (χ1v) is 7.00. The molecule has 7 heteroatoms. The van der Waals surface area contributed by atoms with Crippen LogP contribution in [-0.2, 0) is 9.59 Å². The van der Waals surface area contributed by atoms with Crippen molar-refractivity contribution < 1.29 is 24.6 Å². The van der Waals surface area contributed by atoms with Gasteiger partial charge in [-0.15, -0.1) is 0 Å². The first kappa shape index (κ1) is 14.6. The predicted molar refractivity (Wildman–Crippen MR) is 69.3 cm³/mol. The average molecular weight is 284 g/mol. The number of piperidine rings is 2. The zero-order valence-electron chi connectivity index (χ0n) is 11.3. The van der Waals surface area contributed by atoms with E-state index >= 15 is 0 Å². The fourth-order valence-electron chi connectivity index (χ4n) is 2.96. The van der Waals surface area contributed by atoms with Crippen molar-refractivity contribution in [3.8, 4) is 0 Å². The van der Waals surface area contributed by atoms with Gasteiger partial charge in [-0.1, -0.05) is 0 Å². The summed E-state index contributed by atoms with van der Waals surface area (Å²) in [6.07, 6.45) is 3.26. The number of hydrogen-bond donors (Lipinski definition) is 2. The van der Waals surface area contributed by atoms with Crippen molar-refractivity contribution in [2.24, 2.45) is 11.8 Å². The van der Waals surface area contributed by atoms with Gasteiger partial charge >= 0.3 is 18.0 Å². The van der Waals surface area contributed by atoms with E-state index in [9.17, 15) is 14.4 Å². The third-order valence-electron chi connectivity index (χ3n) is 4.14. The highest BCUT2D eigenvalue weighted by Crippen LogP contribution is 2.25. The zero-order valence-corrected chi connectivity index (χ0v) is 11.3. The van der Waals surface area contributed by atoms with Crippen molar-refractivity contribution in [1.82, 2.24) is 9.80 Å². The number of hydrogen-bond acceptors (Lipinski definition) is 3. The molecule has 0 aromatic rings. The Balaban J connectivity index is 2.02. The number of urea groups is 1. The SMILES string of the molecule is O=C(O)C1CCN(C(=O)N2CCCCC2)CC1C(=O)O. The highest BCUT2D eigenvalue weighted by Gasteiger charge is 2.40. The number of likely N-dealkylation sites (tertiary alicyclic amines) is 2. The monoisotopic (exact) mass is 284 g/mol. The number of carboxylic acid groups (broad SMARTS) is 2. The maximum absolute atomic E-state index is 12.3. The molecule has 0 bridgehead atoms. The van der Waals surface area contributed by atoms with E-state index in [4.69, 9.17) is 10.2 Å². The third-order valence-corrected chi connectivity index (χ3v) is 4.14. The van der Waals surface area contributed by atoms with Crippen LogP contribution in [0.4, 0.5) is 4.79 Å². The van der Waals surface area contributed by atoms with Gasteiger partial charge in [-0.2, -0.15) is 0 Å². The second-order valence-electron chi connectivity index (χ2n) is 5.45. The van der Waals surface area contributed by atoms with E-state index in [-0.39, 0.29) is 19.0 Å². The molecular weight excluding hydrogens is 264 g/mol. The summed E-state index contributed by atoms with van der Waals surface area (Å²) in [5.74, 6) is -4.16. The smallest absolute Gasteiger partial charge is 0.320 e. The maximum atomic E-state index is 12.3. The molecule has 0 aliphatic carbocycles. The second-order valence-corrected chi connectivity index (χ2v) is 5.45. The molecule has 2 saturated heterocycles. The van der Waals surface area contributed by atoms with Crippen molar-refractivity contribution >= 4 is 18.0 Å². The van der Waals surface area contributed by atoms with Crippen LogP contribution < -0.4 is 0 Å². The first-order chi connectivity index (χ1) is 9.50. The fourth-order valence-corrected chi connectivity index (χ4v) is 2.96. The molecule has 2 heterocycles. The Labute approximate surface area is 117 Å². The molecule has 20 heavy (non-hydrogen) atoms. The fraction of sp³-hybridized carbons (Fsp3) is 0.769. The van der Waals surface area contributed by atoms with E-state index in [1.807, 2.05) is 0 Å². The number of aliphatic carboxylic acids is 2. The van der Waals surface area contributed by atoms with Crippen molar-refractivity contribution in [3.63, 3.8) is 0 Å². The minimum absolute atomic E-state index is 0.0123. The quantitative estimate of drug-likeness (QED) is 0.777. The summed E-state index contributed by atoms with van der Waals surface area (Å²) in [6.45, 7) is 1.71. The topological polar surface area (TPSA) is 98.2 Å². The molecule has 0 radical (unpaired) electrons. The van der Waals surface area contributed by atoms with Gasteiger partial charge in [0.25, 0.3) is 0 Å². The molecule has 0 aromatic carbocycles. The lowest BCUT2D eigenvalue weighted by molar-refractivity contribution is -0.156. The van der Waals surface area contributed by atoms with Gasteiger partial charge in [-0.25, -0.2) is 4.79 Å². The van der Waals surface area contributed by atoms with E-state index in [1.54, 1.807) is 4.90 Å². The van der Waals surface area contributed by atoms with Crippen LogP contribution in [0, 0.1) is 11.8 Å². The van der Waals surface area contributed by atoms with Crippen LogP contribution in [0.1, 0.15) is 25.7 Å². The molecule has 0 saturated carbocycles. The van der Waals surface area contributed by atoms with Crippen LogP contribution in [0.5, 0.6) is 0 Å². The molecule has 7 nitrogen and oxygen atoms in total. The largest absolute Gasteiger partial charge is 0.481 e. The Morgan fingerprint density at radius 3 is 1.95 bits per heavy atom. The summed E-state index contributed by atoms with van der Waals surface area (Å²) >= 11 is 0. The number of rotatable bonds is 2. The van der Waals surface area contributed by atoms with Gasteiger partial charge in [-0.3, -0.25) is 9.59 Å². The molecule has 2 aliphatic heterocycles. The summed E-state index contributed by atoms with van der Waals surface area (Å²) in [4.78, 5) is 37.8. The van der Waals surface area contributed by atoms with Crippen LogP contribution in [0.15, 0.2) is 0 Å². The van der Waals surface area contributed by atoms with Crippen molar-refractivity contribution in [2.75, 3.05) is 26.2 Å². The molecule has 2 aliphatic rings. The molecule has 0 aromatic heterocycles. The van der Waals surface area contributed by atoms with Crippen LogP contribution >= 0.6 is 0 Å². The van der Waals surface area contributed by atoms with E-state index in [0.717, 1.165) is 19.3 Å². The molecule has 2 unspecified atom stereocenters. The minimum atomic E-state index is -1.14. The Hall–Kier alpha value is -1.79. The minimum Gasteiger partial charge on any atom is -0.481 e. The van der Waals surface area contributed by atoms with Crippen molar-refractivity contribution in [1.29, 1.82) is 0 Å². The van der Waals surface area contributed by atoms with E-state index < -0.39 is 23.8 Å². The molecular formula is C13H20N2O5. The summed E-state index contributed by atoms with van der Waals surface area (Å²) in [7, 11) is 0. The lowest BCUT2D eigenvalue weighted by atomic mass is 9.85. The zero-order chi connectivity index (χ0) is 14.7. The predicted octanol–water partition coefficient (Wildman–Crippen LogP) is 0.700. The van der Waals surface area contributed by atoms with Crippen LogP contribution in [-0.4, -0.2) is 64.2 Å². The summed E-state index contributed by atoms with van der Waals surface area (Å²) in [5.41, 5.74) is 0. The first-order valence-electron chi connectivity index (χ1n) is 7.00. The van der Waals surface area contributed by atoms with Gasteiger partial charge in [0.2, 0.25) is 0 Å². The van der Waals surface area contributed by atoms with Gasteiger partial charge in [-0.05, 0) is 25.7 Å². The summed E-state index contributed by atoms with van der Waals surface area (Å²) in [5, 5.41) is 18.2. The summed E-state index contributed by atoms with van der Waals surface area (Å²) in [6, 6.07) is -0.153. The maximum Gasteiger partial charge on any atom is 0.320 e. The van der Waals surface area contributed by atoms with Gasteiger partial charge < -0.3 is 20.0 Å². The Bertz CT molecular complexity index is 406. The van der Waals surface area contributed by atoms with Gasteiger partial charge in [0.15, 0.2) is 0 Å². The highest BCUT2D eigenvalue weighted by atomic mass is 16.4. The number of carbonyl (C=O) groups is 3. The van der Waals surface area contributed by atoms with Crippen LogP contribution in [0.25, 0.3) is 0 Å². The number of nitrogens with zero attached hydrogens (tertiary/aromatic N) is 2. The van der Waals surface area contributed by atoms with Gasteiger partial charge in [0, 0.05) is 26.2 Å². The molecule has 112 valence electrons. The Kier molecular flexibility index (Phi) is 4.46. The second kappa shape index (κ2) is 6.11. The lowest BCUT2D eigenvalue weighted by Gasteiger charge is -2.38. The third kappa shape index (κ3) is 3.02. The van der Waals surface area contributed by atoms with Crippen molar-refractivity contribution in [3.05, 3.63) is 0 Å². The lowest BCUT2D eigenvalue weighted by Crippen LogP contribution is -2.53. The number of carbonyl (C=O) groups excluding carboxylic acids is 1. The highest BCUT2D eigenvalue weighted by molar-refractivity contribution is 5.82. The molecule has 2 N–H and O–H groups in total. The summed E-state index contributed by atoms with van der Waals surface area (Å²) < 4.78 is 0. The van der Waals surface area contributed by atoms with E-state index in [1.165, 1.54) is 4.90 Å². The normalized spacial score (nSPS) is 27.2. The number of carboxylic acids is 2. The average Bonchev–Trinajstić information content (AvgIpc) is 2.46. The van der Waals surface area contributed by atoms with E-state index in [2.05, 4.69) is 0 Å². The van der Waals surface area contributed by atoms with Crippen molar-refractivity contribution in [2.45, 2.75) is 25.7 Å². The molecule has 0 spiro atoms. The van der Waals surface area contributed by atoms with Gasteiger partial charge in [0.05, 0.1) is 11.8 Å². The van der Waals surface area contributed by atoms with Gasteiger partial charge in [0.1, 0.15) is 0 Å². The van der Waals surface area contributed by atoms with Crippen LogP contribution in [0.2, 0.25) is 0 Å². The number of amides is 2. The molecule has 2 rings (SSSR count). The Morgan fingerprint density at radius 1 is 0.800 bits per heavy atom.